The van der Waals surface area contributed by atoms with E-state index in [0.717, 1.165) is 13.7 Å². The number of hydrogen-bond donors (Lipinski definition) is 1. The predicted octanol–water partition coefficient (Wildman–Crippen LogP) is 2.23. The average Bonchev–Trinajstić information content (AvgIpc) is 2.53. The molecule has 0 bridgehead atoms. The van der Waals surface area contributed by atoms with Gasteiger partial charge in [-0.05, 0) is 0 Å². The van der Waals surface area contributed by atoms with E-state index in [4.69, 9.17) is 5.26 Å². The normalized spacial score (nSPS) is 10.4. The quantitative estimate of drug-likeness (QED) is 0.324. The topological polar surface area (TPSA) is 59.0 Å². The van der Waals surface area contributed by atoms with Gasteiger partial charge in [0.05, 0.1) is 0 Å². The zero-order chi connectivity index (χ0) is 15.2. The molecule has 1 amide bonds. The van der Waals surface area contributed by atoms with Gasteiger partial charge >= 0.3 is 143 Å². The standard InChI is InChI=1S/C14H12GeINO4/c1-17(14(18)10-2-6-12(16)7-3-10)13-8-4-11(5-9-13)15-20-21-19/h2-9,19H,1H3. The van der Waals surface area contributed by atoms with Gasteiger partial charge in [-0.2, -0.15) is 0 Å². The van der Waals surface area contributed by atoms with Crippen molar-refractivity contribution in [3.05, 3.63) is 57.7 Å². The number of amides is 1. The number of nitrogens with zero attached hydrogens (tertiary/aromatic N) is 1. The van der Waals surface area contributed by atoms with Gasteiger partial charge in [0.1, 0.15) is 0 Å². The van der Waals surface area contributed by atoms with Crippen LogP contribution in [0.1, 0.15) is 10.4 Å². The van der Waals surface area contributed by atoms with Crippen LogP contribution < -0.4 is 9.30 Å². The number of benzene rings is 2. The molecule has 0 atom stereocenters. The molecule has 5 nitrogen and oxygen atoms in total. The van der Waals surface area contributed by atoms with Crippen LogP contribution in [0.4, 0.5) is 5.69 Å². The summed E-state index contributed by atoms with van der Waals surface area (Å²) in [7, 11) is 1.74. The van der Waals surface area contributed by atoms with Crippen LogP contribution in [-0.2, 0) is 8.95 Å². The fraction of sp³-hybridized carbons (Fsp3) is 0.0714. The van der Waals surface area contributed by atoms with Crippen LogP contribution in [0.15, 0.2) is 48.5 Å². The molecular formula is C14H12GeINO4. The number of carbonyl (C=O) groups excluding carboxylic acids is 1. The molecule has 7 heteroatoms. The molecule has 108 valence electrons. The van der Waals surface area contributed by atoms with Crippen molar-refractivity contribution in [1.29, 1.82) is 0 Å². The molecule has 0 aliphatic rings. The van der Waals surface area contributed by atoms with E-state index in [2.05, 4.69) is 31.5 Å². The van der Waals surface area contributed by atoms with Crippen LogP contribution in [0, 0.1) is 3.57 Å². The molecule has 0 saturated heterocycles. The number of hydrogen-bond acceptors (Lipinski definition) is 4. The number of halogens is 1. The van der Waals surface area contributed by atoms with Gasteiger partial charge in [0.25, 0.3) is 0 Å². The third-order valence-electron chi connectivity index (χ3n) is 2.85. The number of anilines is 1. The number of carbonyl (C=O) groups is 1. The third-order valence-corrected chi connectivity index (χ3v) is 5.09. The predicted molar refractivity (Wildman–Crippen MR) is 88.5 cm³/mol. The van der Waals surface area contributed by atoms with E-state index >= 15 is 0 Å². The fourth-order valence-corrected chi connectivity index (χ4v) is 3.00. The molecule has 2 radical (unpaired) electrons. The van der Waals surface area contributed by atoms with E-state index < -0.39 is 15.8 Å². The molecule has 2 aromatic carbocycles. The summed E-state index contributed by atoms with van der Waals surface area (Å²) in [5.74, 6) is -0.0647. The van der Waals surface area contributed by atoms with Crippen molar-refractivity contribution >= 4 is 54.3 Å². The Kier molecular flexibility index (Phi) is 6.18. The van der Waals surface area contributed by atoms with Crippen molar-refractivity contribution in [3.63, 3.8) is 0 Å². The van der Waals surface area contributed by atoms with Gasteiger partial charge in [-0.15, -0.1) is 0 Å². The van der Waals surface area contributed by atoms with E-state index in [-0.39, 0.29) is 5.91 Å². The van der Waals surface area contributed by atoms with Gasteiger partial charge in [0, 0.05) is 0 Å². The number of rotatable bonds is 5. The molecule has 0 saturated carbocycles. The summed E-state index contributed by atoms with van der Waals surface area (Å²) in [6.07, 6.45) is 0. The Hall–Kier alpha value is -0.937. The maximum atomic E-state index is 12.4. The molecule has 0 fully saturated rings. The monoisotopic (exact) mass is 459 g/mol. The molecular weight excluding hydrogens is 446 g/mol. The second kappa shape index (κ2) is 7.90. The van der Waals surface area contributed by atoms with E-state index in [1.165, 1.54) is 0 Å². The second-order valence-electron chi connectivity index (χ2n) is 4.18. The van der Waals surface area contributed by atoms with Crippen molar-refractivity contribution in [2.24, 2.45) is 0 Å². The molecule has 0 spiro atoms. The van der Waals surface area contributed by atoms with Gasteiger partial charge < -0.3 is 0 Å². The van der Waals surface area contributed by atoms with Gasteiger partial charge in [-0.25, -0.2) is 0 Å². The van der Waals surface area contributed by atoms with Gasteiger partial charge in [0.2, 0.25) is 0 Å². The van der Waals surface area contributed by atoms with Crippen LogP contribution in [0.3, 0.4) is 0 Å². The molecule has 2 aromatic rings. The van der Waals surface area contributed by atoms with Gasteiger partial charge in [-0.3, -0.25) is 0 Å². The van der Waals surface area contributed by atoms with Crippen molar-refractivity contribution in [2.75, 3.05) is 11.9 Å². The molecule has 0 unspecified atom stereocenters. The molecule has 21 heavy (non-hydrogen) atoms. The van der Waals surface area contributed by atoms with E-state index in [1.54, 1.807) is 11.9 Å². The zero-order valence-corrected chi connectivity index (χ0v) is 15.4. The first kappa shape index (κ1) is 16.4. The van der Waals surface area contributed by atoms with Crippen LogP contribution in [-0.4, -0.2) is 34.0 Å². The Morgan fingerprint density at radius 1 is 1.14 bits per heavy atom. The maximum absolute atomic E-state index is 12.4. The fourth-order valence-electron chi connectivity index (χ4n) is 1.72. The summed E-state index contributed by atoms with van der Waals surface area (Å²) in [5, 5.41) is 11.8. The Morgan fingerprint density at radius 2 is 1.76 bits per heavy atom. The van der Waals surface area contributed by atoms with Crippen LogP contribution in [0.25, 0.3) is 0 Å². The first-order chi connectivity index (χ1) is 10.1. The van der Waals surface area contributed by atoms with Crippen molar-refractivity contribution in [1.82, 2.24) is 0 Å². The van der Waals surface area contributed by atoms with Crippen LogP contribution in [0.5, 0.6) is 0 Å². The van der Waals surface area contributed by atoms with Gasteiger partial charge in [0.15, 0.2) is 0 Å². The molecule has 2 rings (SSSR count). The molecule has 0 heterocycles. The Morgan fingerprint density at radius 3 is 2.33 bits per heavy atom. The third kappa shape index (κ3) is 4.51. The summed E-state index contributed by atoms with van der Waals surface area (Å²) in [5.41, 5.74) is 1.44. The average molecular weight is 458 g/mol. The molecule has 1 N–H and O–H groups in total. The first-order valence-electron chi connectivity index (χ1n) is 5.98. The van der Waals surface area contributed by atoms with Crippen molar-refractivity contribution < 1.29 is 19.0 Å². The van der Waals surface area contributed by atoms with Crippen LogP contribution >= 0.6 is 22.6 Å². The van der Waals surface area contributed by atoms with E-state index in [1.807, 2.05) is 48.5 Å². The SMILES string of the molecule is CN(C(=O)c1ccc(I)cc1)c1cc[c]([Ge][O]OO)cc1. The van der Waals surface area contributed by atoms with Gasteiger partial charge in [-0.1, -0.05) is 0 Å². The molecule has 0 aliphatic heterocycles. The summed E-state index contributed by atoms with van der Waals surface area (Å²) < 4.78 is 6.58. The molecule has 0 aromatic heterocycles. The minimum atomic E-state index is -0.980. The van der Waals surface area contributed by atoms with Crippen LogP contribution in [0.2, 0.25) is 0 Å². The summed E-state index contributed by atoms with van der Waals surface area (Å²) >= 11 is 1.22. The summed E-state index contributed by atoms with van der Waals surface area (Å²) in [6.45, 7) is 0. The van der Waals surface area contributed by atoms with E-state index in [9.17, 15) is 4.79 Å². The van der Waals surface area contributed by atoms with E-state index in [0.29, 0.717) is 5.56 Å². The minimum absolute atomic E-state index is 0.0647. The Balaban J connectivity index is 2.10. The zero-order valence-electron chi connectivity index (χ0n) is 11.1. The Labute approximate surface area is 142 Å². The van der Waals surface area contributed by atoms with Crippen molar-refractivity contribution in [2.45, 2.75) is 0 Å². The van der Waals surface area contributed by atoms with Crippen molar-refractivity contribution in [3.8, 4) is 0 Å². The summed E-state index contributed by atoms with van der Waals surface area (Å²) in [4.78, 5) is 14.0. The second-order valence-corrected chi connectivity index (χ2v) is 7.41. The first-order valence-corrected chi connectivity index (χ1v) is 8.97. The molecule has 0 aliphatic carbocycles. The Bertz CT molecular complexity index is 603. The summed E-state index contributed by atoms with van der Waals surface area (Å²) in [6, 6.07) is 14.8.